The molecule has 142 valence electrons. The lowest BCUT2D eigenvalue weighted by Gasteiger charge is -2.15. The van der Waals surface area contributed by atoms with E-state index >= 15 is 0 Å². The second-order valence-electron chi connectivity index (χ2n) is 6.89. The van der Waals surface area contributed by atoms with Crippen molar-refractivity contribution in [3.63, 3.8) is 0 Å². The summed E-state index contributed by atoms with van der Waals surface area (Å²) in [5, 5.41) is 17.7. The number of guanidine groups is 1. The monoisotopic (exact) mass is 374 g/mol. The molecule has 0 saturated heterocycles. The highest BCUT2D eigenvalue weighted by molar-refractivity contribution is 7.10. The molecule has 3 heterocycles. The van der Waals surface area contributed by atoms with Crippen molar-refractivity contribution in [3.05, 3.63) is 34.0 Å². The molecule has 7 heteroatoms. The fourth-order valence-electron chi connectivity index (χ4n) is 3.33. The van der Waals surface area contributed by atoms with E-state index in [0.717, 1.165) is 50.7 Å². The quantitative estimate of drug-likeness (QED) is 0.444. The van der Waals surface area contributed by atoms with Crippen LogP contribution in [0.25, 0.3) is 0 Å². The van der Waals surface area contributed by atoms with Crippen LogP contribution in [0, 0.1) is 0 Å². The minimum absolute atomic E-state index is 0.486. The Bertz CT molecular complexity index is 691. The summed E-state index contributed by atoms with van der Waals surface area (Å²) >= 11 is 1.81. The van der Waals surface area contributed by atoms with Crippen LogP contribution in [-0.4, -0.2) is 40.9 Å². The lowest BCUT2D eigenvalue weighted by Crippen LogP contribution is -2.39. The number of nitrogens with one attached hydrogen (secondary N) is 2. The zero-order chi connectivity index (χ0) is 18.2. The van der Waals surface area contributed by atoms with Crippen molar-refractivity contribution in [2.24, 2.45) is 4.99 Å². The van der Waals surface area contributed by atoms with E-state index in [2.05, 4.69) is 54.8 Å². The topological polar surface area (TPSA) is 67.1 Å². The van der Waals surface area contributed by atoms with E-state index in [0.29, 0.717) is 5.92 Å². The lowest BCUT2D eigenvalue weighted by molar-refractivity contribution is 0.593. The minimum atomic E-state index is 0.486. The Morgan fingerprint density at radius 3 is 3.04 bits per heavy atom. The smallest absolute Gasteiger partial charge is 0.190 e. The highest BCUT2D eigenvalue weighted by Gasteiger charge is 2.14. The third-order valence-corrected chi connectivity index (χ3v) is 5.99. The first-order valence-electron chi connectivity index (χ1n) is 9.67. The first-order valence-corrected chi connectivity index (χ1v) is 10.5. The maximum atomic E-state index is 4.40. The van der Waals surface area contributed by atoms with Crippen LogP contribution in [0.3, 0.4) is 0 Å². The van der Waals surface area contributed by atoms with E-state index in [1.54, 1.807) is 0 Å². The molecule has 26 heavy (non-hydrogen) atoms. The molecule has 0 radical (unpaired) electrons. The molecule has 2 aromatic rings. The lowest BCUT2D eigenvalue weighted by atomic mass is 10.1. The van der Waals surface area contributed by atoms with Crippen LogP contribution >= 0.6 is 11.3 Å². The van der Waals surface area contributed by atoms with E-state index in [4.69, 9.17) is 0 Å². The van der Waals surface area contributed by atoms with Gasteiger partial charge >= 0.3 is 0 Å². The molecule has 0 fully saturated rings. The van der Waals surface area contributed by atoms with Crippen LogP contribution in [0.1, 0.15) is 55.1 Å². The van der Waals surface area contributed by atoms with Crippen molar-refractivity contribution in [3.8, 4) is 0 Å². The van der Waals surface area contributed by atoms with Gasteiger partial charge in [-0.05, 0) is 30.7 Å². The minimum Gasteiger partial charge on any atom is -0.356 e. The largest absolute Gasteiger partial charge is 0.356 e. The Kier molecular flexibility index (Phi) is 7.05. The first-order chi connectivity index (χ1) is 12.8. The maximum Gasteiger partial charge on any atom is 0.190 e. The SMILES string of the molecule is CN=C(NCCCc1nnc2n1CCCCC2)NCC(C)c1cccs1. The van der Waals surface area contributed by atoms with Crippen LogP contribution in [0.2, 0.25) is 0 Å². The highest BCUT2D eigenvalue weighted by atomic mass is 32.1. The van der Waals surface area contributed by atoms with Crippen LogP contribution in [-0.2, 0) is 19.4 Å². The second kappa shape index (κ2) is 9.71. The average Bonchev–Trinajstić information content (AvgIpc) is 3.26. The van der Waals surface area contributed by atoms with E-state index in [1.165, 1.54) is 30.0 Å². The first kappa shape index (κ1) is 18.9. The van der Waals surface area contributed by atoms with Gasteiger partial charge in [-0.1, -0.05) is 19.4 Å². The Morgan fingerprint density at radius 1 is 1.31 bits per heavy atom. The molecule has 2 aromatic heterocycles. The normalized spacial score (nSPS) is 16.0. The highest BCUT2D eigenvalue weighted by Crippen LogP contribution is 2.19. The molecule has 0 aromatic carbocycles. The van der Waals surface area contributed by atoms with E-state index in [1.807, 2.05) is 18.4 Å². The third kappa shape index (κ3) is 5.06. The van der Waals surface area contributed by atoms with Gasteiger partial charge in [0.25, 0.3) is 0 Å². The summed E-state index contributed by atoms with van der Waals surface area (Å²) in [6, 6.07) is 4.30. The molecule has 0 saturated carbocycles. The number of aromatic nitrogens is 3. The van der Waals surface area contributed by atoms with Crippen molar-refractivity contribution in [2.45, 2.75) is 57.9 Å². The molecule has 1 aliphatic heterocycles. The molecule has 1 aliphatic rings. The van der Waals surface area contributed by atoms with Gasteiger partial charge in [0.1, 0.15) is 11.6 Å². The van der Waals surface area contributed by atoms with E-state index < -0.39 is 0 Å². The van der Waals surface area contributed by atoms with Gasteiger partial charge < -0.3 is 15.2 Å². The molecule has 0 spiro atoms. The summed E-state index contributed by atoms with van der Waals surface area (Å²) in [5.74, 6) is 3.66. The fourth-order valence-corrected chi connectivity index (χ4v) is 4.11. The van der Waals surface area contributed by atoms with Crippen molar-refractivity contribution in [1.82, 2.24) is 25.4 Å². The Morgan fingerprint density at radius 2 is 2.23 bits per heavy atom. The van der Waals surface area contributed by atoms with Gasteiger partial charge in [0, 0.05) is 50.3 Å². The van der Waals surface area contributed by atoms with Gasteiger partial charge in [0.05, 0.1) is 0 Å². The van der Waals surface area contributed by atoms with E-state index in [9.17, 15) is 0 Å². The van der Waals surface area contributed by atoms with Gasteiger partial charge in [-0.3, -0.25) is 4.99 Å². The summed E-state index contributed by atoms with van der Waals surface area (Å²) in [6.07, 6.45) is 6.85. The fraction of sp³-hybridized carbons (Fsp3) is 0.632. The van der Waals surface area contributed by atoms with Crippen LogP contribution < -0.4 is 10.6 Å². The molecule has 2 N–H and O–H groups in total. The van der Waals surface area contributed by atoms with Crippen molar-refractivity contribution >= 4 is 17.3 Å². The van der Waals surface area contributed by atoms with Gasteiger partial charge in [0.15, 0.2) is 5.96 Å². The summed E-state index contributed by atoms with van der Waals surface area (Å²) < 4.78 is 2.34. The van der Waals surface area contributed by atoms with Crippen LogP contribution in [0.5, 0.6) is 0 Å². The zero-order valence-electron chi connectivity index (χ0n) is 15.9. The van der Waals surface area contributed by atoms with Gasteiger partial charge in [-0.25, -0.2) is 0 Å². The standard InChI is InChI=1S/C19H30N6S/c1-15(16-8-7-13-26-16)14-22-19(20-2)21-11-6-10-18-24-23-17-9-4-3-5-12-25(17)18/h7-8,13,15H,3-6,9-12,14H2,1-2H3,(H2,20,21,22). The molecule has 6 nitrogen and oxygen atoms in total. The number of hydrogen-bond acceptors (Lipinski definition) is 4. The second-order valence-corrected chi connectivity index (χ2v) is 7.87. The number of rotatable bonds is 7. The number of fused-ring (bicyclic) bond motifs is 1. The van der Waals surface area contributed by atoms with Crippen molar-refractivity contribution < 1.29 is 0 Å². The molecule has 0 amide bonds. The predicted molar refractivity (Wildman–Crippen MR) is 108 cm³/mol. The van der Waals surface area contributed by atoms with Crippen LogP contribution in [0.15, 0.2) is 22.5 Å². The number of hydrogen-bond donors (Lipinski definition) is 2. The number of nitrogens with zero attached hydrogens (tertiary/aromatic N) is 4. The maximum absolute atomic E-state index is 4.40. The van der Waals surface area contributed by atoms with Crippen molar-refractivity contribution in [2.75, 3.05) is 20.1 Å². The molecule has 3 rings (SSSR count). The third-order valence-electron chi connectivity index (χ3n) is 4.88. The van der Waals surface area contributed by atoms with Gasteiger partial charge in [-0.15, -0.1) is 21.5 Å². The van der Waals surface area contributed by atoms with Crippen molar-refractivity contribution in [1.29, 1.82) is 0 Å². The number of aryl methyl sites for hydroxylation is 2. The molecular weight excluding hydrogens is 344 g/mol. The number of aliphatic imine (C=N–C) groups is 1. The van der Waals surface area contributed by atoms with Gasteiger partial charge in [-0.2, -0.15) is 0 Å². The van der Waals surface area contributed by atoms with Crippen LogP contribution in [0.4, 0.5) is 0 Å². The summed E-state index contributed by atoms with van der Waals surface area (Å²) in [7, 11) is 1.82. The van der Waals surface area contributed by atoms with E-state index in [-0.39, 0.29) is 0 Å². The molecule has 0 bridgehead atoms. The summed E-state index contributed by atoms with van der Waals surface area (Å²) in [6.45, 7) is 5.09. The average molecular weight is 375 g/mol. The Hall–Kier alpha value is -1.89. The summed E-state index contributed by atoms with van der Waals surface area (Å²) in [4.78, 5) is 5.73. The summed E-state index contributed by atoms with van der Waals surface area (Å²) in [5.41, 5.74) is 0. The molecule has 1 unspecified atom stereocenters. The molecule has 1 atom stereocenters. The van der Waals surface area contributed by atoms with Gasteiger partial charge in [0.2, 0.25) is 0 Å². The number of thiophene rings is 1. The Balaban J connectivity index is 1.39. The predicted octanol–water partition coefficient (Wildman–Crippen LogP) is 2.97. The zero-order valence-corrected chi connectivity index (χ0v) is 16.7. The Labute approximate surface area is 160 Å². The molecule has 0 aliphatic carbocycles. The molecular formula is C19H30N6S.